The lowest BCUT2D eigenvalue weighted by Gasteiger charge is -1.97. The van der Waals surface area contributed by atoms with Gasteiger partial charge in [-0.3, -0.25) is 4.79 Å². The van der Waals surface area contributed by atoms with E-state index in [0.29, 0.717) is 5.75 Å². The smallest absolute Gasteiger partial charge is 0.362 e. The van der Waals surface area contributed by atoms with Crippen LogP contribution in [0.1, 0.15) is 10.5 Å². The molecule has 2 aromatic rings. The summed E-state index contributed by atoms with van der Waals surface area (Å²) in [5, 5.41) is 0.817. The number of H-pyrrole nitrogens is 1. The van der Waals surface area contributed by atoms with E-state index in [9.17, 15) is 9.59 Å². The van der Waals surface area contributed by atoms with Crippen molar-refractivity contribution < 1.29 is 19.1 Å². The predicted molar refractivity (Wildman–Crippen MR) is 56.3 cm³/mol. The average Bonchev–Trinajstić information content (AvgIpc) is 2.71. The number of carbonyl (C=O) groups is 2. The fraction of sp³-hybridized carbons (Fsp3) is 0.0909. The van der Waals surface area contributed by atoms with Crippen molar-refractivity contribution in [1.29, 1.82) is 0 Å². The van der Waals surface area contributed by atoms with Gasteiger partial charge in [0.15, 0.2) is 0 Å². The van der Waals surface area contributed by atoms with E-state index in [1.165, 1.54) is 0 Å². The highest BCUT2D eigenvalue weighted by atomic mass is 16.6. The van der Waals surface area contributed by atoms with Crippen molar-refractivity contribution in [1.82, 2.24) is 4.98 Å². The van der Waals surface area contributed by atoms with E-state index in [-0.39, 0.29) is 12.2 Å². The number of rotatable bonds is 3. The molecule has 1 heterocycles. The number of hydrogen-bond acceptors (Lipinski definition) is 4. The number of aromatic nitrogens is 1. The second-order valence-corrected chi connectivity index (χ2v) is 3.14. The lowest BCUT2D eigenvalue weighted by molar-refractivity contribution is -0.123. The van der Waals surface area contributed by atoms with Gasteiger partial charge in [-0.15, -0.1) is 0 Å². The third-order valence-electron chi connectivity index (χ3n) is 2.20. The first-order chi connectivity index (χ1) is 7.74. The highest BCUT2D eigenvalue weighted by molar-refractivity contribution is 5.97. The maximum atomic E-state index is 11.3. The number of aromatic amines is 1. The SMILES string of the molecule is COc1ccc2[nH]c(C(=O)OC=O)cc2c1. The summed E-state index contributed by atoms with van der Waals surface area (Å²) >= 11 is 0. The van der Waals surface area contributed by atoms with E-state index in [1.54, 1.807) is 31.4 Å². The van der Waals surface area contributed by atoms with Crippen molar-refractivity contribution in [2.45, 2.75) is 0 Å². The molecule has 0 spiro atoms. The van der Waals surface area contributed by atoms with Gasteiger partial charge in [-0.25, -0.2) is 4.79 Å². The summed E-state index contributed by atoms with van der Waals surface area (Å²) in [6.07, 6.45) is 0. The van der Waals surface area contributed by atoms with E-state index in [2.05, 4.69) is 9.72 Å². The molecule has 0 radical (unpaired) electrons. The molecule has 0 atom stereocenters. The molecule has 82 valence electrons. The summed E-state index contributed by atoms with van der Waals surface area (Å²) in [6.45, 7) is 0.106. The van der Waals surface area contributed by atoms with E-state index in [0.717, 1.165) is 10.9 Å². The zero-order valence-electron chi connectivity index (χ0n) is 8.52. The molecule has 0 amide bonds. The van der Waals surface area contributed by atoms with Crippen LogP contribution in [0.4, 0.5) is 0 Å². The third kappa shape index (κ3) is 1.75. The van der Waals surface area contributed by atoms with Crippen LogP contribution in [-0.4, -0.2) is 24.5 Å². The Kier molecular flexibility index (Phi) is 2.59. The molecule has 0 bridgehead atoms. The standard InChI is InChI=1S/C11H9NO4/c1-15-8-2-3-9-7(4-8)5-10(12-9)11(14)16-6-13/h2-6,12H,1H3. The molecular formula is C11H9NO4. The van der Waals surface area contributed by atoms with E-state index in [4.69, 9.17) is 4.74 Å². The number of nitrogens with one attached hydrogen (secondary N) is 1. The van der Waals surface area contributed by atoms with E-state index < -0.39 is 5.97 Å². The Bertz CT molecular complexity index is 544. The molecule has 0 unspecified atom stereocenters. The van der Waals surface area contributed by atoms with Gasteiger partial charge in [-0.2, -0.15) is 0 Å². The summed E-state index contributed by atoms with van der Waals surface area (Å²) < 4.78 is 9.29. The lowest BCUT2D eigenvalue weighted by Crippen LogP contribution is -2.03. The van der Waals surface area contributed by atoms with Gasteiger partial charge in [0, 0.05) is 10.9 Å². The number of hydrogen-bond donors (Lipinski definition) is 1. The number of benzene rings is 1. The Morgan fingerprint density at radius 3 is 2.88 bits per heavy atom. The van der Waals surface area contributed by atoms with Crippen molar-refractivity contribution in [3.8, 4) is 5.75 Å². The Morgan fingerprint density at radius 1 is 1.38 bits per heavy atom. The number of carbonyl (C=O) groups excluding carboxylic acids is 2. The second kappa shape index (κ2) is 4.06. The van der Waals surface area contributed by atoms with Gasteiger partial charge >= 0.3 is 12.4 Å². The average molecular weight is 219 g/mol. The van der Waals surface area contributed by atoms with Gasteiger partial charge in [-0.05, 0) is 24.3 Å². The van der Waals surface area contributed by atoms with Crippen LogP contribution in [0, 0.1) is 0 Å². The zero-order chi connectivity index (χ0) is 11.5. The quantitative estimate of drug-likeness (QED) is 0.482. The van der Waals surface area contributed by atoms with Crippen molar-refractivity contribution in [3.63, 3.8) is 0 Å². The Morgan fingerprint density at radius 2 is 2.19 bits per heavy atom. The molecule has 1 aromatic carbocycles. The highest BCUT2D eigenvalue weighted by Gasteiger charge is 2.10. The van der Waals surface area contributed by atoms with Gasteiger partial charge in [0.1, 0.15) is 11.4 Å². The molecule has 0 aliphatic carbocycles. The number of ether oxygens (including phenoxy) is 2. The molecule has 16 heavy (non-hydrogen) atoms. The van der Waals surface area contributed by atoms with Crippen LogP contribution >= 0.6 is 0 Å². The van der Waals surface area contributed by atoms with Gasteiger partial charge in [-0.1, -0.05) is 0 Å². The van der Waals surface area contributed by atoms with Crippen LogP contribution in [0.2, 0.25) is 0 Å². The topological polar surface area (TPSA) is 68.4 Å². The third-order valence-corrected chi connectivity index (χ3v) is 2.20. The Hall–Kier alpha value is -2.30. The maximum absolute atomic E-state index is 11.3. The molecule has 0 saturated carbocycles. The van der Waals surface area contributed by atoms with Crippen LogP contribution < -0.4 is 4.74 Å². The summed E-state index contributed by atoms with van der Waals surface area (Å²) in [6, 6.07) is 6.94. The molecule has 0 aliphatic heterocycles. The minimum Gasteiger partial charge on any atom is -0.497 e. The molecule has 2 rings (SSSR count). The molecule has 1 N–H and O–H groups in total. The van der Waals surface area contributed by atoms with E-state index >= 15 is 0 Å². The molecule has 5 heteroatoms. The predicted octanol–water partition coefficient (Wildman–Crippen LogP) is 1.49. The fourth-order valence-corrected chi connectivity index (χ4v) is 1.45. The minimum atomic E-state index is -0.704. The molecule has 1 aromatic heterocycles. The molecule has 0 fully saturated rings. The molecule has 5 nitrogen and oxygen atoms in total. The Labute approximate surface area is 91.0 Å². The van der Waals surface area contributed by atoms with Crippen LogP contribution in [0.3, 0.4) is 0 Å². The monoisotopic (exact) mass is 219 g/mol. The fourth-order valence-electron chi connectivity index (χ4n) is 1.45. The van der Waals surface area contributed by atoms with Gasteiger partial charge in [0.25, 0.3) is 0 Å². The summed E-state index contributed by atoms with van der Waals surface area (Å²) in [7, 11) is 1.56. The first kappa shape index (κ1) is 10.2. The number of fused-ring (bicyclic) bond motifs is 1. The summed E-state index contributed by atoms with van der Waals surface area (Å²) in [4.78, 5) is 24.1. The van der Waals surface area contributed by atoms with Crippen molar-refractivity contribution in [2.75, 3.05) is 7.11 Å². The maximum Gasteiger partial charge on any atom is 0.362 e. The van der Waals surface area contributed by atoms with Crippen molar-refractivity contribution >= 4 is 23.3 Å². The molecule has 0 saturated heterocycles. The largest absolute Gasteiger partial charge is 0.497 e. The van der Waals surface area contributed by atoms with Crippen LogP contribution in [0.25, 0.3) is 10.9 Å². The van der Waals surface area contributed by atoms with E-state index in [1.807, 2.05) is 0 Å². The summed E-state index contributed by atoms with van der Waals surface area (Å²) in [5.74, 6) is -0.00743. The zero-order valence-corrected chi connectivity index (χ0v) is 8.52. The minimum absolute atomic E-state index is 0.106. The number of methoxy groups -OCH3 is 1. The first-order valence-electron chi connectivity index (χ1n) is 4.56. The summed E-state index contributed by atoms with van der Waals surface area (Å²) in [5.41, 5.74) is 1.01. The second-order valence-electron chi connectivity index (χ2n) is 3.14. The molecule has 0 aliphatic rings. The first-order valence-corrected chi connectivity index (χ1v) is 4.56. The highest BCUT2D eigenvalue weighted by Crippen LogP contribution is 2.21. The van der Waals surface area contributed by atoms with Gasteiger partial charge in [0.05, 0.1) is 7.11 Å². The molecular weight excluding hydrogens is 210 g/mol. The van der Waals surface area contributed by atoms with Gasteiger partial charge < -0.3 is 14.5 Å². The van der Waals surface area contributed by atoms with Crippen LogP contribution in [0.15, 0.2) is 24.3 Å². The van der Waals surface area contributed by atoms with Crippen molar-refractivity contribution in [2.24, 2.45) is 0 Å². The van der Waals surface area contributed by atoms with Crippen LogP contribution in [0.5, 0.6) is 5.75 Å². The van der Waals surface area contributed by atoms with Crippen molar-refractivity contribution in [3.05, 3.63) is 30.0 Å². The lowest BCUT2D eigenvalue weighted by atomic mass is 10.2. The Balaban J connectivity index is 2.43. The number of esters is 1. The van der Waals surface area contributed by atoms with Gasteiger partial charge in [0.2, 0.25) is 0 Å². The normalized spacial score (nSPS) is 10.1. The van der Waals surface area contributed by atoms with Crippen LogP contribution in [-0.2, 0) is 9.53 Å².